The Balaban J connectivity index is 2.04. The van der Waals surface area contributed by atoms with Crippen molar-refractivity contribution in [1.29, 1.82) is 0 Å². The third-order valence-electron chi connectivity index (χ3n) is 3.61. The number of benzene rings is 1. The zero-order chi connectivity index (χ0) is 19.3. The van der Waals surface area contributed by atoms with Gasteiger partial charge in [0.25, 0.3) is 5.91 Å². The summed E-state index contributed by atoms with van der Waals surface area (Å²) >= 11 is 6.32. The van der Waals surface area contributed by atoms with Crippen LogP contribution < -0.4 is 5.32 Å². The van der Waals surface area contributed by atoms with Gasteiger partial charge < -0.3 is 10.4 Å². The molecule has 2 rings (SSSR count). The van der Waals surface area contributed by atoms with E-state index in [1.54, 1.807) is 6.08 Å². The number of carbonyl (C=O) groups excluding carboxylic acids is 2. The zero-order valence-corrected chi connectivity index (χ0v) is 16.1. The number of nitrogens with one attached hydrogen (secondary N) is 1. The molecule has 1 aromatic carbocycles. The molecule has 0 saturated carbocycles. The van der Waals surface area contributed by atoms with E-state index in [4.69, 9.17) is 12.2 Å². The van der Waals surface area contributed by atoms with Gasteiger partial charge in [0.1, 0.15) is 16.9 Å². The van der Waals surface area contributed by atoms with Crippen LogP contribution in [0.3, 0.4) is 0 Å². The Bertz CT molecular complexity index is 747. The highest BCUT2D eigenvalue weighted by atomic mass is 32.2. The largest absolute Gasteiger partial charge is 0.480 e. The molecule has 26 heavy (non-hydrogen) atoms. The van der Waals surface area contributed by atoms with Gasteiger partial charge in [-0.15, -0.1) is 0 Å². The van der Waals surface area contributed by atoms with E-state index in [-0.39, 0.29) is 22.7 Å². The van der Waals surface area contributed by atoms with Crippen LogP contribution in [0.1, 0.15) is 25.8 Å². The minimum atomic E-state index is -1.10. The van der Waals surface area contributed by atoms with Gasteiger partial charge in [-0.3, -0.25) is 14.5 Å². The Morgan fingerprint density at radius 2 is 1.96 bits per heavy atom. The van der Waals surface area contributed by atoms with Crippen molar-refractivity contribution in [3.8, 4) is 0 Å². The van der Waals surface area contributed by atoms with Crippen molar-refractivity contribution in [3.05, 3.63) is 40.8 Å². The van der Waals surface area contributed by atoms with Crippen LogP contribution in [-0.2, 0) is 14.4 Å². The van der Waals surface area contributed by atoms with Gasteiger partial charge in [0.05, 0.1) is 4.91 Å². The van der Waals surface area contributed by atoms with Gasteiger partial charge in [0, 0.05) is 0 Å². The minimum absolute atomic E-state index is 0.113. The number of thioether (sulfide) groups is 1. The molecule has 1 atom stereocenters. The van der Waals surface area contributed by atoms with Crippen molar-refractivity contribution in [1.82, 2.24) is 10.2 Å². The highest BCUT2D eigenvalue weighted by Crippen LogP contribution is 2.32. The molecule has 1 aliphatic rings. The van der Waals surface area contributed by atoms with Crippen molar-refractivity contribution in [3.63, 3.8) is 0 Å². The normalized spacial score (nSPS) is 17.0. The van der Waals surface area contributed by atoms with E-state index < -0.39 is 17.9 Å². The van der Waals surface area contributed by atoms with Gasteiger partial charge in [0.15, 0.2) is 0 Å². The van der Waals surface area contributed by atoms with Crippen molar-refractivity contribution in [2.75, 3.05) is 6.54 Å². The predicted octanol–water partition coefficient (Wildman–Crippen LogP) is 2.50. The number of carbonyl (C=O) groups is 3. The molecule has 0 bridgehead atoms. The van der Waals surface area contributed by atoms with Crippen molar-refractivity contribution < 1.29 is 19.5 Å². The summed E-state index contributed by atoms with van der Waals surface area (Å²) in [4.78, 5) is 37.6. The summed E-state index contributed by atoms with van der Waals surface area (Å²) in [6.45, 7) is 3.45. The summed E-state index contributed by atoms with van der Waals surface area (Å²) in [6.07, 6.45) is 2.03. The highest BCUT2D eigenvalue weighted by molar-refractivity contribution is 8.26. The minimum Gasteiger partial charge on any atom is -0.480 e. The summed E-state index contributed by atoms with van der Waals surface area (Å²) in [6, 6.07) is 8.34. The molecule has 0 spiro atoms. The second-order valence-electron chi connectivity index (χ2n) is 6.27. The van der Waals surface area contributed by atoms with Gasteiger partial charge in [-0.2, -0.15) is 0 Å². The van der Waals surface area contributed by atoms with Crippen LogP contribution in [0.15, 0.2) is 35.2 Å². The topological polar surface area (TPSA) is 86.7 Å². The zero-order valence-electron chi connectivity index (χ0n) is 14.5. The average Bonchev–Trinajstić information content (AvgIpc) is 2.82. The molecule has 2 amide bonds. The number of carboxylic acid groups (broad SMARTS) is 1. The Kier molecular flexibility index (Phi) is 6.93. The monoisotopic (exact) mass is 392 g/mol. The Morgan fingerprint density at radius 1 is 1.31 bits per heavy atom. The van der Waals surface area contributed by atoms with E-state index in [9.17, 15) is 19.5 Å². The third-order valence-corrected chi connectivity index (χ3v) is 4.99. The van der Waals surface area contributed by atoms with Crippen LogP contribution in [0.4, 0.5) is 0 Å². The van der Waals surface area contributed by atoms with Crippen molar-refractivity contribution >= 4 is 52.2 Å². The summed E-state index contributed by atoms with van der Waals surface area (Å²) in [5.41, 5.74) is 0.861. The molecule has 1 unspecified atom stereocenters. The maximum absolute atomic E-state index is 12.5. The third kappa shape index (κ3) is 5.40. The van der Waals surface area contributed by atoms with Crippen LogP contribution in [0.5, 0.6) is 0 Å². The molecular weight excluding hydrogens is 372 g/mol. The molecule has 138 valence electrons. The number of thiocarbonyl (C=S) groups is 1. The number of amides is 2. The fraction of sp³-hybridized carbons (Fsp3) is 0.333. The lowest BCUT2D eigenvalue weighted by Gasteiger charge is -2.19. The van der Waals surface area contributed by atoms with E-state index in [1.165, 1.54) is 4.90 Å². The second kappa shape index (κ2) is 8.95. The molecule has 2 N–H and O–H groups in total. The van der Waals surface area contributed by atoms with Crippen LogP contribution >= 0.6 is 24.0 Å². The Hall–Kier alpha value is -2.19. The predicted molar refractivity (Wildman–Crippen MR) is 105 cm³/mol. The van der Waals surface area contributed by atoms with Crippen LogP contribution in [0.2, 0.25) is 0 Å². The Morgan fingerprint density at radius 3 is 2.54 bits per heavy atom. The SMILES string of the molecule is CC(C)CC(NC(=O)CN1C(=O)/C(=C\c2ccccc2)SC1=S)C(=O)O. The number of rotatable bonds is 7. The lowest BCUT2D eigenvalue weighted by atomic mass is 10.0. The molecule has 1 saturated heterocycles. The first kappa shape index (κ1) is 20.1. The first-order valence-electron chi connectivity index (χ1n) is 8.10. The lowest BCUT2D eigenvalue weighted by molar-refractivity contribution is -0.142. The quantitative estimate of drug-likeness (QED) is 0.548. The van der Waals surface area contributed by atoms with Crippen LogP contribution in [0, 0.1) is 5.92 Å². The highest BCUT2D eigenvalue weighted by Gasteiger charge is 2.34. The Labute approximate surface area is 161 Å². The molecule has 0 aromatic heterocycles. The van der Waals surface area contributed by atoms with E-state index in [1.807, 2.05) is 44.2 Å². The maximum Gasteiger partial charge on any atom is 0.326 e. The molecule has 0 radical (unpaired) electrons. The number of hydrogen-bond donors (Lipinski definition) is 2. The molecular formula is C18H20N2O4S2. The summed E-state index contributed by atoms with van der Waals surface area (Å²) in [5, 5.41) is 11.7. The molecule has 0 aliphatic carbocycles. The van der Waals surface area contributed by atoms with E-state index in [2.05, 4.69) is 5.32 Å². The fourth-order valence-electron chi connectivity index (χ4n) is 2.41. The van der Waals surface area contributed by atoms with Gasteiger partial charge >= 0.3 is 5.97 Å². The lowest BCUT2D eigenvalue weighted by Crippen LogP contribution is -2.47. The van der Waals surface area contributed by atoms with E-state index >= 15 is 0 Å². The van der Waals surface area contributed by atoms with Crippen molar-refractivity contribution in [2.45, 2.75) is 26.3 Å². The summed E-state index contributed by atoms with van der Waals surface area (Å²) < 4.78 is 0.281. The van der Waals surface area contributed by atoms with Gasteiger partial charge in [-0.1, -0.05) is 68.2 Å². The number of carboxylic acids is 1. The van der Waals surface area contributed by atoms with Gasteiger partial charge in [0.2, 0.25) is 5.91 Å². The number of hydrogen-bond acceptors (Lipinski definition) is 5. The average molecular weight is 393 g/mol. The first-order chi connectivity index (χ1) is 12.3. The fourth-order valence-corrected chi connectivity index (χ4v) is 3.67. The second-order valence-corrected chi connectivity index (χ2v) is 7.94. The number of aliphatic carboxylic acids is 1. The first-order valence-corrected chi connectivity index (χ1v) is 9.33. The van der Waals surface area contributed by atoms with E-state index in [0.29, 0.717) is 11.3 Å². The summed E-state index contributed by atoms with van der Waals surface area (Å²) in [5.74, 6) is -1.88. The maximum atomic E-state index is 12.5. The smallest absolute Gasteiger partial charge is 0.326 e. The summed E-state index contributed by atoms with van der Waals surface area (Å²) in [7, 11) is 0. The molecule has 1 aliphatic heterocycles. The van der Waals surface area contributed by atoms with E-state index in [0.717, 1.165) is 17.3 Å². The van der Waals surface area contributed by atoms with Gasteiger partial charge in [-0.25, -0.2) is 4.79 Å². The molecule has 1 aromatic rings. The van der Waals surface area contributed by atoms with Crippen LogP contribution in [0.25, 0.3) is 6.08 Å². The molecule has 6 nitrogen and oxygen atoms in total. The standard InChI is InChI=1S/C18H20N2O4S2/c1-11(2)8-13(17(23)24)19-15(21)10-20-16(22)14(26-18(20)25)9-12-6-4-3-5-7-12/h3-7,9,11,13H,8,10H2,1-2H3,(H,19,21)(H,23,24)/b14-9+. The molecule has 1 heterocycles. The van der Waals surface area contributed by atoms with Crippen molar-refractivity contribution in [2.24, 2.45) is 5.92 Å². The molecule has 1 fully saturated rings. The number of nitrogens with zero attached hydrogens (tertiary/aromatic N) is 1. The van der Waals surface area contributed by atoms with Gasteiger partial charge in [-0.05, 0) is 24.0 Å². The van der Waals surface area contributed by atoms with Crippen LogP contribution in [-0.4, -0.2) is 44.7 Å². The molecule has 8 heteroatoms.